The first-order valence-corrected chi connectivity index (χ1v) is 11.0. The van der Waals surface area contributed by atoms with E-state index in [1.165, 1.54) is 0 Å². The lowest BCUT2D eigenvalue weighted by Gasteiger charge is -2.31. The van der Waals surface area contributed by atoms with Crippen LogP contribution in [0, 0.1) is 0 Å². The van der Waals surface area contributed by atoms with Gasteiger partial charge in [0.15, 0.2) is 0 Å². The van der Waals surface area contributed by atoms with Crippen molar-refractivity contribution >= 4 is 0 Å². The summed E-state index contributed by atoms with van der Waals surface area (Å²) in [4.78, 5) is 13.6. The highest BCUT2D eigenvalue weighted by molar-refractivity contribution is 5.57. The summed E-state index contributed by atoms with van der Waals surface area (Å²) in [6.07, 6.45) is 13.7. The Labute approximate surface area is 191 Å². The van der Waals surface area contributed by atoms with Crippen LogP contribution in [0.15, 0.2) is 78.1 Å². The van der Waals surface area contributed by atoms with E-state index in [1.54, 1.807) is 4.57 Å². The molecule has 168 valence electrons. The monoisotopic (exact) mass is 442 g/mol. The summed E-state index contributed by atoms with van der Waals surface area (Å²) in [7, 11) is 1.95. The molecule has 1 aromatic carbocycles. The van der Waals surface area contributed by atoms with Gasteiger partial charge in [0, 0.05) is 37.2 Å². The van der Waals surface area contributed by atoms with Gasteiger partial charge in [-0.15, -0.1) is 10.2 Å². The number of imidazole rings is 1. The van der Waals surface area contributed by atoms with Crippen LogP contribution in [0.2, 0.25) is 0 Å². The van der Waals surface area contributed by atoms with Crippen molar-refractivity contribution < 1.29 is 0 Å². The highest BCUT2D eigenvalue weighted by atomic mass is 16.1. The number of H-pyrrole nitrogens is 1. The highest BCUT2D eigenvalue weighted by Crippen LogP contribution is 2.33. The van der Waals surface area contributed by atoms with E-state index in [0.717, 1.165) is 35.5 Å². The standard InChI is InChI=1S/C24H26N8O/c1-3-6-20-16-31(21-9-5-14-30(21)2)23(33)32(20)17-24(10-12-25-13-11-24)19-8-4-7-18(15-19)22-26-28-29-27-22/h4-5,7-16,25H,3,6,17H2,1-2H3,(H,26,27,28,29). The maximum atomic E-state index is 13.6. The number of dihydropyridines is 1. The second-order valence-corrected chi connectivity index (χ2v) is 8.28. The fourth-order valence-electron chi connectivity index (χ4n) is 4.41. The van der Waals surface area contributed by atoms with E-state index in [2.05, 4.69) is 57.1 Å². The molecule has 0 saturated carbocycles. The zero-order valence-electron chi connectivity index (χ0n) is 18.6. The lowest BCUT2D eigenvalue weighted by atomic mass is 9.78. The molecule has 5 rings (SSSR count). The van der Waals surface area contributed by atoms with Crippen molar-refractivity contribution in [3.05, 3.63) is 95.1 Å². The molecule has 0 spiro atoms. The third-order valence-electron chi connectivity index (χ3n) is 6.11. The molecule has 1 aliphatic rings. The Morgan fingerprint density at radius 3 is 2.67 bits per heavy atom. The maximum Gasteiger partial charge on any atom is 0.334 e. The Morgan fingerprint density at radius 2 is 1.97 bits per heavy atom. The molecular weight excluding hydrogens is 416 g/mol. The number of nitrogens with zero attached hydrogens (tertiary/aromatic N) is 6. The van der Waals surface area contributed by atoms with Crippen molar-refractivity contribution in [3.63, 3.8) is 0 Å². The molecule has 0 unspecified atom stereocenters. The third-order valence-corrected chi connectivity index (χ3v) is 6.11. The zero-order chi connectivity index (χ0) is 22.8. The molecule has 33 heavy (non-hydrogen) atoms. The Morgan fingerprint density at radius 1 is 1.12 bits per heavy atom. The van der Waals surface area contributed by atoms with Gasteiger partial charge in [0.25, 0.3) is 0 Å². The summed E-state index contributed by atoms with van der Waals surface area (Å²) in [5.74, 6) is 1.38. The van der Waals surface area contributed by atoms with Crippen molar-refractivity contribution in [1.29, 1.82) is 0 Å². The maximum absolute atomic E-state index is 13.6. The number of allylic oxidation sites excluding steroid dienone is 2. The molecule has 2 N–H and O–H groups in total. The summed E-state index contributed by atoms with van der Waals surface area (Å²) in [5.41, 5.74) is 2.35. The molecule has 4 heterocycles. The molecule has 3 aromatic heterocycles. The molecule has 0 atom stereocenters. The molecule has 0 saturated heterocycles. The van der Waals surface area contributed by atoms with Gasteiger partial charge in [0.1, 0.15) is 5.82 Å². The zero-order valence-corrected chi connectivity index (χ0v) is 18.6. The lowest BCUT2D eigenvalue weighted by molar-refractivity contribution is 0.497. The van der Waals surface area contributed by atoms with Crippen LogP contribution in [0.1, 0.15) is 24.6 Å². The first-order chi connectivity index (χ1) is 16.1. The van der Waals surface area contributed by atoms with E-state index in [1.807, 2.05) is 65.2 Å². The Bertz CT molecular complexity index is 1360. The summed E-state index contributed by atoms with van der Waals surface area (Å²) in [6, 6.07) is 12.0. The summed E-state index contributed by atoms with van der Waals surface area (Å²) in [5, 5.41) is 17.5. The van der Waals surface area contributed by atoms with Crippen LogP contribution >= 0.6 is 0 Å². The minimum Gasteiger partial charge on any atom is -0.368 e. The largest absolute Gasteiger partial charge is 0.368 e. The second-order valence-electron chi connectivity index (χ2n) is 8.28. The number of rotatable bonds is 7. The minimum atomic E-state index is -0.516. The number of tetrazole rings is 1. The van der Waals surface area contributed by atoms with E-state index < -0.39 is 5.41 Å². The SMILES string of the molecule is CCCc1cn(-c2cccn2C)c(=O)n1CC1(c2cccc(-c3nn[nH]n3)c2)C=CNC=C1. The Hall–Kier alpha value is -4.14. The van der Waals surface area contributed by atoms with Crippen molar-refractivity contribution in [2.45, 2.75) is 31.7 Å². The van der Waals surface area contributed by atoms with Gasteiger partial charge >= 0.3 is 5.69 Å². The molecule has 0 bridgehead atoms. The summed E-state index contributed by atoms with van der Waals surface area (Å²) < 4.78 is 5.59. The number of hydrogen-bond donors (Lipinski definition) is 2. The highest BCUT2D eigenvalue weighted by Gasteiger charge is 2.31. The average molecular weight is 443 g/mol. The van der Waals surface area contributed by atoms with Gasteiger partial charge in [0.05, 0.1) is 5.41 Å². The number of hydrogen-bond acceptors (Lipinski definition) is 5. The van der Waals surface area contributed by atoms with Crippen molar-refractivity contribution in [2.75, 3.05) is 0 Å². The molecule has 9 heteroatoms. The Balaban J connectivity index is 1.62. The predicted molar refractivity (Wildman–Crippen MR) is 126 cm³/mol. The topological polar surface area (TPSA) is 98.4 Å². The van der Waals surface area contributed by atoms with Gasteiger partial charge in [-0.2, -0.15) is 5.21 Å². The lowest BCUT2D eigenvalue weighted by Crippen LogP contribution is -2.36. The second kappa shape index (κ2) is 8.42. The summed E-state index contributed by atoms with van der Waals surface area (Å²) >= 11 is 0. The fraction of sp³-hybridized carbons (Fsp3) is 0.250. The van der Waals surface area contributed by atoms with Crippen LogP contribution in [0.3, 0.4) is 0 Å². The molecule has 0 radical (unpaired) electrons. The van der Waals surface area contributed by atoms with Crippen LogP contribution in [0.4, 0.5) is 0 Å². The number of aromatic amines is 1. The molecule has 0 aliphatic carbocycles. The van der Waals surface area contributed by atoms with Crippen LogP contribution in [-0.2, 0) is 25.4 Å². The Kier molecular flexibility index (Phi) is 5.29. The number of aryl methyl sites for hydroxylation is 2. The average Bonchev–Trinajstić information content (AvgIpc) is 3.58. The van der Waals surface area contributed by atoms with Gasteiger partial charge in [-0.3, -0.25) is 9.13 Å². The molecule has 9 nitrogen and oxygen atoms in total. The van der Waals surface area contributed by atoms with Gasteiger partial charge in [-0.25, -0.2) is 4.79 Å². The van der Waals surface area contributed by atoms with Gasteiger partial charge < -0.3 is 9.88 Å². The van der Waals surface area contributed by atoms with E-state index in [9.17, 15) is 4.79 Å². The van der Waals surface area contributed by atoms with Gasteiger partial charge in [-0.05, 0) is 47.8 Å². The molecule has 4 aromatic rings. The quantitative estimate of drug-likeness (QED) is 0.459. The van der Waals surface area contributed by atoms with Gasteiger partial charge in [-0.1, -0.05) is 43.7 Å². The van der Waals surface area contributed by atoms with Crippen LogP contribution < -0.4 is 11.0 Å². The van der Waals surface area contributed by atoms with Crippen molar-refractivity contribution in [3.8, 4) is 17.2 Å². The minimum absolute atomic E-state index is 0.0470. The third kappa shape index (κ3) is 3.71. The smallest absolute Gasteiger partial charge is 0.334 e. The van der Waals surface area contributed by atoms with Crippen LogP contribution in [-0.4, -0.2) is 34.3 Å². The fourth-order valence-corrected chi connectivity index (χ4v) is 4.41. The van der Waals surface area contributed by atoms with Crippen molar-refractivity contribution in [1.82, 2.24) is 39.6 Å². The van der Waals surface area contributed by atoms with Gasteiger partial charge in [0.2, 0.25) is 5.82 Å². The first-order valence-electron chi connectivity index (χ1n) is 11.0. The van der Waals surface area contributed by atoms with E-state index >= 15 is 0 Å². The van der Waals surface area contributed by atoms with Crippen molar-refractivity contribution in [2.24, 2.45) is 7.05 Å². The van der Waals surface area contributed by atoms with E-state index in [0.29, 0.717) is 12.4 Å². The molecular formula is C24H26N8O. The van der Waals surface area contributed by atoms with Crippen LogP contribution in [0.5, 0.6) is 0 Å². The predicted octanol–water partition coefficient (Wildman–Crippen LogP) is 2.68. The van der Waals surface area contributed by atoms with E-state index in [4.69, 9.17) is 0 Å². The number of aromatic nitrogens is 7. The van der Waals surface area contributed by atoms with Crippen LogP contribution in [0.25, 0.3) is 17.2 Å². The molecule has 1 aliphatic heterocycles. The normalized spacial score (nSPS) is 14.5. The molecule has 0 fully saturated rings. The molecule has 0 amide bonds. The van der Waals surface area contributed by atoms with E-state index in [-0.39, 0.29) is 5.69 Å². The first kappa shape index (κ1) is 20.7. The number of nitrogens with one attached hydrogen (secondary N) is 2. The number of benzene rings is 1. The summed E-state index contributed by atoms with van der Waals surface area (Å²) in [6.45, 7) is 2.60.